The second-order valence-corrected chi connectivity index (χ2v) is 5.31. The highest BCUT2D eigenvalue weighted by molar-refractivity contribution is 5.82. The van der Waals surface area contributed by atoms with Crippen LogP contribution < -0.4 is 10.5 Å². The van der Waals surface area contributed by atoms with Crippen molar-refractivity contribution < 1.29 is 22.3 Å². The molecule has 0 aliphatic heterocycles. The summed E-state index contributed by atoms with van der Waals surface area (Å²) in [6.45, 7) is 0. The number of hydrogen-bond donors (Lipinski definition) is 1. The lowest BCUT2D eigenvalue weighted by Gasteiger charge is -2.10. The molecular formula is C16H10F3N5O2. The summed E-state index contributed by atoms with van der Waals surface area (Å²) in [4.78, 5) is 4.28. The van der Waals surface area contributed by atoms with Crippen molar-refractivity contribution in [3.05, 3.63) is 48.8 Å². The van der Waals surface area contributed by atoms with Crippen LogP contribution in [0.5, 0.6) is 5.75 Å². The summed E-state index contributed by atoms with van der Waals surface area (Å²) in [6.07, 6.45) is -3.17. The van der Waals surface area contributed by atoms with E-state index in [9.17, 15) is 13.2 Å². The zero-order valence-electron chi connectivity index (χ0n) is 12.9. The maximum Gasteiger partial charge on any atom is 0.573 e. The maximum absolute atomic E-state index is 12.3. The van der Waals surface area contributed by atoms with Crippen molar-refractivity contribution in [1.82, 2.24) is 19.7 Å². The van der Waals surface area contributed by atoms with Crippen LogP contribution in [0, 0.1) is 0 Å². The molecule has 0 saturated heterocycles. The van der Waals surface area contributed by atoms with Gasteiger partial charge in [-0.2, -0.15) is 0 Å². The summed E-state index contributed by atoms with van der Waals surface area (Å²) in [5.74, 6) is -0.0428. The van der Waals surface area contributed by atoms with Crippen molar-refractivity contribution in [2.75, 3.05) is 5.73 Å². The van der Waals surface area contributed by atoms with Crippen molar-refractivity contribution in [3.63, 3.8) is 0 Å². The Balaban J connectivity index is 1.72. The van der Waals surface area contributed by atoms with E-state index in [1.807, 2.05) is 0 Å². The highest BCUT2D eigenvalue weighted by Gasteiger charge is 2.31. The Bertz CT molecular complexity index is 1070. The van der Waals surface area contributed by atoms with E-state index in [4.69, 9.17) is 10.2 Å². The molecule has 4 rings (SSSR count). The molecule has 26 heavy (non-hydrogen) atoms. The van der Waals surface area contributed by atoms with Gasteiger partial charge in [-0.3, -0.25) is 4.57 Å². The summed E-state index contributed by atoms with van der Waals surface area (Å²) in [5.41, 5.74) is 8.10. The van der Waals surface area contributed by atoms with Crippen LogP contribution in [0.4, 0.5) is 19.2 Å². The van der Waals surface area contributed by atoms with Crippen LogP contribution in [0.15, 0.2) is 53.2 Å². The molecule has 0 saturated carbocycles. The Morgan fingerprint density at radius 1 is 1.04 bits per heavy atom. The lowest BCUT2D eigenvalue weighted by atomic mass is 10.2. The van der Waals surface area contributed by atoms with Crippen molar-refractivity contribution in [3.8, 4) is 22.9 Å². The van der Waals surface area contributed by atoms with Gasteiger partial charge in [0.05, 0.1) is 11.0 Å². The molecule has 0 bridgehead atoms. The monoisotopic (exact) mass is 361 g/mol. The van der Waals surface area contributed by atoms with Crippen molar-refractivity contribution in [2.45, 2.75) is 6.36 Å². The molecule has 2 heterocycles. The van der Waals surface area contributed by atoms with Gasteiger partial charge in [0.15, 0.2) is 0 Å². The highest BCUT2D eigenvalue weighted by atomic mass is 19.4. The molecule has 2 aromatic heterocycles. The minimum Gasteiger partial charge on any atom is -0.406 e. The number of fused-ring (bicyclic) bond motifs is 1. The van der Waals surface area contributed by atoms with Gasteiger partial charge in [0.2, 0.25) is 5.89 Å². The zero-order chi connectivity index (χ0) is 18.3. The fraction of sp³-hybridized carbons (Fsp3) is 0.0625. The smallest absolute Gasteiger partial charge is 0.406 e. The number of alkyl halides is 3. The Labute approximate surface area is 143 Å². The standard InChI is InChI=1S/C16H10F3N5O2/c17-16(18,19)26-11-4-2-10(3-5-11)24-8-21-12-6-1-9(7-13(12)24)14-22-23-15(20)25-14/h1-8H,(H2,20,23). The first-order chi connectivity index (χ1) is 12.4. The minimum absolute atomic E-state index is 0.0474. The van der Waals surface area contributed by atoms with Crippen molar-refractivity contribution >= 4 is 17.0 Å². The molecule has 0 atom stereocenters. The van der Waals surface area contributed by atoms with E-state index in [1.165, 1.54) is 24.3 Å². The van der Waals surface area contributed by atoms with E-state index in [0.29, 0.717) is 22.3 Å². The Kier molecular flexibility index (Phi) is 3.53. The summed E-state index contributed by atoms with van der Waals surface area (Å²) in [5, 5.41) is 7.44. The predicted molar refractivity (Wildman–Crippen MR) is 85.5 cm³/mol. The number of ether oxygens (including phenoxy) is 1. The molecular weight excluding hydrogens is 351 g/mol. The van der Waals surface area contributed by atoms with Crippen molar-refractivity contribution in [2.24, 2.45) is 0 Å². The summed E-state index contributed by atoms with van der Waals surface area (Å²) in [6, 6.07) is 10.7. The zero-order valence-corrected chi connectivity index (χ0v) is 12.9. The summed E-state index contributed by atoms with van der Waals surface area (Å²) in [7, 11) is 0. The number of anilines is 1. The number of aromatic nitrogens is 4. The van der Waals surface area contributed by atoms with Crippen LogP contribution in [0.2, 0.25) is 0 Å². The van der Waals surface area contributed by atoms with Gasteiger partial charge in [0.1, 0.15) is 12.1 Å². The molecule has 0 fully saturated rings. The Morgan fingerprint density at radius 2 is 1.81 bits per heavy atom. The first kappa shape index (κ1) is 15.9. The van der Waals surface area contributed by atoms with E-state index < -0.39 is 6.36 Å². The van der Waals surface area contributed by atoms with E-state index >= 15 is 0 Å². The first-order valence-electron chi connectivity index (χ1n) is 7.32. The van der Waals surface area contributed by atoms with Crippen LogP contribution in [-0.4, -0.2) is 26.1 Å². The Morgan fingerprint density at radius 3 is 2.46 bits per heavy atom. The van der Waals surface area contributed by atoms with Crippen LogP contribution in [0.25, 0.3) is 28.2 Å². The summed E-state index contributed by atoms with van der Waals surface area (Å²) >= 11 is 0. The number of halogens is 3. The van der Waals surface area contributed by atoms with E-state index in [2.05, 4.69) is 19.9 Å². The van der Waals surface area contributed by atoms with E-state index in [0.717, 1.165) is 0 Å². The average Bonchev–Trinajstić information content (AvgIpc) is 3.20. The molecule has 4 aromatic rings. The first-order valence-corrected chi connectivity index (χ1v) is 7.32. The van der Waals surface area contributed by atoms with Gasteiger partial charge in [-0.1, -0.05) is 5.10 Å². The van der Waals surface area contributed by atoms with Crippen molar-refractivity contribution in [1.29, 1.82) is 0 Å². The van der Waals surface area contributed by atoms with E-state index in [-0.39, 0.29) is 17.7 Å². The van der Waals surface area contributed by atoms with Crippen LogP contribution >= 0.6 is 0 Å². The lowest BCUT2D eigenvalue weighted by Crippen LogP contribution is -2.17. The molecule has 0 aliphatic carbocycles. The molecule has 0 aliphatic rings. The number of nitrogen functional groups attached to an aromatic ring is 1. The normalized spacial score (nSPS) is 11.8. The van der Waals surface area contributed by atoms with Crippen LogP contribution in [0.1, 0.15) is 0 Å². The third-order valence-electron chi connectivity index (χ3n) is 3.58. The molecule has 2 N–H and O–H groups in total. The second-order valence-electron chi connectivity index (χ2n) is 5.31. The largest absolute Gasteiger partial charge is 0.573 e. The molecule has 0 radical (unpaired) electrons. The van der Waals surface area contributed by atoms with Gasteiger partial charge in [-0.25, -0.2) is 4.98 Å². The molecule has 0 spiro atoms. The van der Waals surface area contributed by atoms with Gasteiger partial charge in [0, 0.05) is 11.3 Å². The Hall–Kier alpha value is -3.56. The number of nitrogens with two attached hydrogens (primary N) is 1. The number of rotatable bonds is 3. The summed E-state index contributed by atoms with van der Waals surface area (Å²) < 4.78 is 47.6. The van der Waals surface area contributed by atoms with Crippen LogP contribution in [-0.2, 0) is 0 Å². The third-order valence-corrected chi connectivity index (χ3v) is 3.58. The quantitative estimate of drug-likeness (QED) is 0.600. The number of imidazole rings is 1. The van der Waals surface area contributed by atoms with E-state index in [1.54, 1.807) is 29.1 Å². The number of hydrogen-bond acceptors (Lipinski definition) is 6. The molecule has 0 amide bonds. The van der Waals surface area contributed by atoms with Gasteiger partial charge < -0.3 is 14.9 Å². The van der Waals surface area contributed by atoms with Crippen LogP contribution in [0.3, 0.4) is 0 Å². The lowest BCUT2D eigenvalue weighted by molar-refractivity contribution is -0.274. The molecule has 0 unspecified atom stereocenters. The predicted octanol–water partition coefficient (Wildman–Crippen LogP) is 3.56. The van der Waals surface area contributed by atoms with Gasteiger partial charge in [-0.15, -0.1) is 18.3 Å². The molecule has 2 aromatic carbocycles. The fourth-order valence-corrected chi connectivity index (χ4v) is 2.51. The second kappa shape index (κ2) is 5.76. The van der Waals surface area contributed by atoms with Gasteiger partial charge >= 0.3 is 12.4 Å². The fourth-order valence-electron chi connectivity index (χ4n) is 2.51. The number of nitrogens with zero attached hydrogens (tertiary/aromatic N) is 4. The molecule has 7 nitrogen and oxygen atoms in total. The minimum atomic E-state index is -4.73. The maximum atomic E-state index is 12.3. The number of benzene rings is 2. The third kappa shape index (κ3) is 3.04. The average molecular weight is 361 g/mol. The molecule has 10 heteroatoms. The topological polar surface area (TPSA) is 92.0 Å². The SMILES string of the molecule is Nc1nnc(-c2ccc3ncn(-c4ccc(OC(F)(F)F)cc4)c3c2)o1. The van der Waals surface area contributed by atoms with Gasteiger partial charge in [0.25, 0.3) is 0 Å². The van der Waals surface area contributed by atoms with Gasteiger partial charge in [-0.05, 0) is 42.5 Å². The molecule has 132 valence electrons. The highest BCUT2D eigenvalue weighted by Crippen LogP contribution is 2.27.